The number of hydrogen-bond acceptors (Lipinski definition) is 2. The van der Waals surface area contributed by atoms with E-state index in [0.29, 0.717) is 0 Å². The first-order chi connectivity index (χ1) is 5.86. The predicted octanol–water partition coefficient (Wildman–Crippen LogP) is 1.13. The van der Waals surface area contributed by atoms with Crippen molar-refractivity contribution in [2.75, 3.05) is 0 Å². The average Bonchev–Trinajstić information content (AvgIpc) is 2.58. The molecule has 0 aliphatic heterocycles. The van der Waals surface area contributed by atoms with Crippen molar-refractivity contribution in [2.45, 2.75) is 0 Å². The van der Waals surface area contributed by atoms with E-state index in [-0.39, 0.29) is 35.3 Å². The Hall–Kier alpha value is -0.770. The number of aromatic nitrogens is 2. The summed E-state index contributed by atoms with van der Waals surface area (Å²) in [4.78, 5) is 0. The van der Waals surface area contributed by atoms with Crippen molar-refractivity contribution in [3.05, 3.63) is 36.5 Å². The van der Waals surface area contributed by atoms with Crippen LogP contribution in [0.2, 0.25) is 0 Å². The van der Waals surface area contributed by atoms with Crippen LogP contribution in [-0.2, 0) is 0 Å². The molecule has 0 unspecified atom stereocenters. The normalized spacial score (nSPS) is 9.23. The molecule has 0 spiro atoms. The molecule has 13 heavy (non-hydrogen) atoms. The van der Waals surface area contributed by atoms with Crippen LogP contribution in [0.25, 0.3) is 11.3 Å². The van der Waals surface area contributed by atoms with Crippen molar-refractivity contribution < 1.29 is 5.11 Å². The minimum absolute atomic E-state index is 0. The molecule has 3 nitrogen and oxygen atoms in total. The summed E-state index contributed by atoms with van der Waals surface area (Å²) in [5.74, 6) is 0.276. The van der Waals surface area contributed by atoms with Gasteiger partial charge in [0.15, 0.2) is 0 Å². The van der Waals surface area contributed by atoms with Gasteiger partial charge in [0.1, 0.15) is 5.75 Å². The summed E-state index contributed by atoms with van der Waals surface area (Å²) in [6.07, 6.45) is 1.70. The van der Waals surface area contributed by atoms with Crippen molar-refractivity contribution in [3.8, 4) is 17.0 Å². The van der Waals surface area contributed by atoms with E-state index in [4.69, 9.17) is 5.11 Å². The van der Waals surface area contributed by atoms with Crippen molar-refractivity contribution in [2.24, 2.45) is 0 Å². The van der Waals surface area contributed by atoms with E-state index in [9.17, 15) is 0 Å². The van der Waals surface area contributed by atoms with Crippen LogP contribution in [0.4, 0.5) is 0 Å². The third-order valence-corrected chi connectivity index (χ3v) is 1.68. The predicted molar refractivity (Wildman–Crippen MR) is 52.8 cm³/mol. The number of aromatic amines is 1. The number of aromatic hydroxyl groups is 1. The summed E-state index contributed by atoms with van der Waals surface area (Å²) in [6.45, 7) is 0. The average molecular weight is 184 g/mol. The molecule has 0 atom stereocenters. The topological polar surface area (TPSA) is 48.9 Å². The molecule has 1 heterocycles. The van der Waals surface area contributed by atoms with Crippen LogP contribution in [0, 0.1) is 0 Å². The number of phenols is 1. The molecule has 0 saturated carbocycles. The van der Waals surface area contributed by atoms with E-state index in [0.717, 1.165) is 11.3 Å². The third kappa shape index (κ3) is 2.34. The molecule has 0 fully saturated rings. The van der Waals surface area contributed by atoms with Crippen LogP contribution in [0.5, 0.6) is 5.75 Å². The minimum atomic E-state index is 0. The van der Waals surface area contributed by atoms with Gasteiger partial charge in [-0.15, -0.1) is 0 Å². The van der Waals surface area contributed by atoms with Gasteiger partial charge in [-0.25, -0.2) is 0 Å². The zero-order chi connectivity index (χ0) is 8.39. The number of phenolic OH excluding ortho intramolecular Hbond substituents is 1. The van der Waals surface area contributed by atoms with Crippen molar-refractivity contribution in [1.82, 2.24) is 10.2 Å². The van der Waals surface area contributed by atoms with Gasteiger partial charge in [0.25, 0.3) is 0 Å². The van der Waals surface area contributed by atoms with Gasteiger partial charge < -0.3 is 5.11 Å². The molecule has 0 aliphatic rings. The first-order valence-corrected chi connectivity index (χ1v) is 3.65. The van der Waals surface area contributed by atoms with Gasteiger partial charge in [-0.1, -0.05) is 0 Å². The molecule has 0 radical (unpaired) electrons. The molecule has 2 rings (SSSR count). The third-order valence-electron chi connectivity index (χ3n) is 1.68. The summed E-state index contributed by atoms with van der Waals surface area (Å²) >= 11 is 0. The van der Waals surface area contributed by atoms with Gasteiger partial charge in [0.05, 0.1) is 5.69 Å². The maximum absolute atomic E-state index is 9.03. The van der Waals surface area contributed by atoms with Crippen LogP contribution in [0.15, 0.2) is 36.5 Å². The Morgan fingerprint density at radius 1 is 1.08 bits per heavy atom. The van der Waals surface area contributed by atoms with Gasteiger partial charge in [0.2, 0.25) is 0 Å². The number of hydrogen-bond donors (Lipinski definition) is 2. The van der Waals surface area contributed by atoms with E-state index in [1.807, 2.05) is 18.2 Å². The van der Waals surface area contributed by atoms with Crippen LogP contribution < -0.4 is 0 Å². The van der Waals surface area contributed by atoms with Gasteiger partial charge in [-0.2, -0.15) is 5.10 Å². The molecule has 1 aromatic carbocycles. The molecule has 2 N–H and O–H groups in total. The van der Waals surface area contributed by atoms with Crippen molar-refractivity contribution in [3.63, 3.8) is 0 Å². The number of H-pyrrole nitrogens is 1. The fourth-order valence-electron chi connectivity index (χ4n) is 1.06. The maximum atomic E-state index is 9.03. The fraction of sp³-hybridized carbons (Fsp3) is 0. The molecule has 0 saturated heterocycles. The van der Waals surface area contributed by atoms with E-state index in [1.165, 1.54) is 0 Å². The van der Waals surface area contributed by atoms with E-state index in [1.54, 1.807) is 18.3 Å². The van der Waals surface area contributed by atoms with Crippen LogP contribution in [-0.4, -0.2) is 44.9 Å². The second-order valence-electron chi connectivity index (χ2n) is 2.52. The zero-order valence-corrected chi connectivity index (χ0v) is 6.36. The molecule has 62 valence electrons. The van der Waals surface area contributed by atoms with Gasteiger partial charge in [-0.3, -0.25) is 5.10 Å². The SMILES string of the molecule is Oc1ccc(-c2ccn[nH]2)cc1.[NaH]. The van der Waals surface area contributed by atoms with Crippen LogP contribution in [0.3, 0.4) is 0 Å². The summed E-state index contributed by atoms with van der Waals surface area (Å²) in [6, 6.07) is 8.85. The van der Waals surface area contributed by atoms with Crippen LogP contribution in [0.1, 0.15) is 0 Å². The Bertz CT molecular complexity index is 356. The summed E-state index contributed by atoms with van der Waals surface area (Å²) in [5, 5.41) is 15.7. The standard InChI is InChI=1S/C9H8N2O.Na.H/c12-8-3-1-7(2-4-8)9-5-6-10-11-9;;/h1-6,12H,(H,10,11);;. The molecule has 0 aliphatic carbocycles. The Balaban J connectivity index is 0.000000845. The van der Waals surface area contributed by atoms with E-state index < -0.39 is 0 Å². The second kappa shape index (κ2) is 4.46. The molecule has 0 bridgehead atoms. The molecule has 2 aromatic rings. The van der Waals surface area contributed by atoms with Crippen molar-refractivity contribution in [1.29, 1.82) is 0 Å². The zero-order valence-electron chi connectivity index (χ0n) is 6.36. The van der Waals surface area contributed by atoms with Gasteiger partial charge >= 0.3 is 29.6 Å². The molecule has 1 aromatic heterocycles. The second-order valence-corrected chi connectivity index (χ2v) is 2.52. The van der Waals surface area contributed by atoms with Crippen molar-refractivity contribution >= 4 is 29.6 Å². The Morgan fingerprint density at radius 2 is 1.77 bits per heavy atom. The summed E-state index contributed by atoms with van der Waals surface area (Å²) in [5.41, 5.74) is 1.97. The summed E-state index contributed by atoms with van der Waals surface area (Å²) < 4.78 is 0. The molecular formula is C9H9N2NaO. The van der Waals surface area contributed by atoms with E-state index in [2.05, 4.69) is 10.2 Å². The van der Waals surface area contributed by atoms with Gasteiger partial charge in [0, 0.05) is 6.20 Å². The molecule has 4 heteroatoms. The fourth-order valence-corrected chi connectivity index (χ4v) is 1.06. The monoisotopic (exact) mass is 184 g/mol. The molecule has 0 amide bonds. The van der Waals surface area contributed by atoms with E-state index >= 15 is 0 Å². The summed E-state index contributed by atoms with van der Waals surface area (Å²) in [7, 11) is 0. The Morgan fingerprint density at radius 3 is 2.31 bits per heavy atom. The quantitative estimate of drug-likeness (QED) is 0.653. The van der Waals surface area contributed by atoms with Gasteiger partial charge in [-0.05, 0) is 35.9 Å². The number of rotatable bonds is 1. The Labute approximate surface area is 98.1 Å². The number of benzene rings is 1. The Kier molecular flexibility index (Phi) is 3.54. The first kappa shape index (κ1) is 10.3. The van der Waals surface area contributed by atoms with Crippen LogP contribution >= 0.6 is 0 Å². The molecular weight excluding hydrogens is 175 g/mol. The number of nitrogens with zero attached hydrogens (tertiary/aromatic N) is 1. The first-order valence-electron chi connectivity index (χ1n) is 3.65. The number of nitrogens with one attached hydrogen (secondary N) is 1.